The smallest absolute Gasteiger partial charge is 0.122 e. The number of aliphatic hydroxyl groups is 1. The third-order valence-corrected chi connectivity index (χ3v) is 5.25. The van der Waals surface area contributed by atoms with E-state index in [1.807, 2.05) is 0 Å². The van der Waals surface area contributed by atoms with E-state index in [-0.39, 0.29) is 6.61 Å². The van der Waals surface area contributed by atoms with Gasteiger partial charge in [0.25, 0.3) is 0 Å². The molecule has 0 aromatic heterocycles. The SMILES string of the molecule is CCCOc1ccc([C@H]2CCC/C(=C\Br)[C@@H]2C)cc1CCO. The molecule has 1 aromatic carbocycles. The number of halogens is 1. The van der Waals surface area contributed by atoms with Gasteiger partial charge in [0.2, 0.25) is 0 Å². The third kappa shape index (κ3) is 4.14. The maximum Gasteiger partial charge on any atom is 0.122 e. The Morgan fingerprint density at radius 1 is 1.41 bits per heavy atom. The highest BCUT2D eigenvalue weighted by atomic mass is 79.9. The van der Waals surface area contributed by atoms with E-state index < -0.39 is 0 Å². The zero-order valence-corrected chi connectivity index (χ0v) is 15.2. The van der Waals surface area contributed by atoms with Gasteiger partial charge in [-0.1, -0.05) is 47.5 Å². The number of aliphatic hydroxyl groups excluding tert-OH is 1. The van der Waals surface area contributed by atoms with Gasteiger partial charge in [0.15, 0.2) is 0 Å². The molecular formula is C19H27BrO2. The van der Waals surface area contributed by atoms with Crippen LogP contribution in [0.5, 0.6) is 5.75 Å². The molecule has 0 saturated heterocycles. The molecule has 2 rings (SSSR count). The summed E-state index contributed by atoms with van der Waals surface area (Å²) >= 11 is 3.52. The Labute approximate surface area is 142 Å². The molecule has 0 heterocycles. The van der Waals surface area contributed by atoms with Crippen molar-refractivity contribution in [2.24, 2.45) is 5.92 Å². The van der Waals surface area contributed by atoms with Gasteiger partial charge in [0.1, 0.15) is 5.75 Å². The van der Waals surface area contributed by atoms with Gasteiger partial charge in [0, 0.05) is 6.61 Å². The highest BCUT2D eigenvalue weighted by Crippen LogP contribution is 2.42. The molecule has 1 aliphatic rings. The fourth-order valence-electron chi connectivity index (χ4n) is 3.37. The molecule has 1 aromatic rings. The van der Waals surface area contributed by atoms with Gasteiger partial charge in [-0.25, -0.2) is 0 Å². The Balaban J connectivity index is 2.25. The molecule has 2 atom stereocenters. The summed E-state index contributed by atoms with van der Waals surface area (Å²) in [7, 11) is 0. The molecule has 0 spiro atoms. The molecule has 1 aliphatic carbocycles. The molecule has 2 nitrogen and oxygen atoms in total. The summed E-state index contributed by atoms with van der Waals surface area (Å²) in [5, 5.41) is 9.33. The van der Waals surface area contributed by atoms with Crippen LogP contribution in [0.15, 0.2) is 28.8 Å². The van der Waals surface area contributed by atoms with Crippen molar-refractivity contribution in [1.82, 2.24) is 0 Å². The molecule has 1 fully saturated rings. The number of hydrogen-bond acceptors (Lipinski definition) is 2. The molecule has 0 bridgehead atoms. The molecular weight excluding hydrogens is 340 g/mol. The predicted octanol–water partition coefficient (Wildman–Crippen LogP) is 5.19. The second kappa shape index (κ2) is 8.73. The van der Waals surface area contributed by atoms with E-state index in [1.165, 1.54) is 30.4 Å². The summed E-state index contributed by atoms with van der Waals surface area (Å²) in [4.78, 5) is 2.11. The maximum atomic E-state index is 9.33. The maximum absolute atomic E-state index is 9.33. The summed E-state index contributed by atoms with van der Waals surface area (Å²) in [5.41, 5.74) is 4.02. The molecule has 3 heteroatoms. The lowest BCUT2D eigenvalue weighted by Crippen LogP contribution is -2.17. The molecule has 0 aliphatic heterocycles. The molecule has 0 radical (unpaired) electrons. The Morgan fingerprint density at radius 3 is 2.91 bits per heavy atom. The minimum atomic E-state index is 0.165. The van der Waals surface area contributed by atoms with Crippen LogP contribution >= 0.6 is 15.9 Å². The first-order valence-electron chi connectivity index (χ1n) is 8.36. The highest BCUT2D eigenvalue weighted by molar-refractivity contribution is 9.11. The first-order valence-corrected chi connectivity index (χ1v) is 9.28. The summed E-state index contributed by atoms with van der Waals surface area (Å²) in [6, 6.07) is 6.55. The van der Waals surface area contributed by atoms with Crippen LogP contribution in [0, 0.1) is 5.92 Å². The minimum absolute atomic E-state index is 0.165. The lowest BCUT2D eigenvalue weighted by Gasteiger charge is -2.32. The number of ether oxygens (including phenoxy) is 1. The van der Waals surface area contributed by atoms with Crippen LogP contribution in [-0.2, 0) is 6.42 Å². The van der Waals surface area contributed by atoms with Crippen molar-refractivity contribution in [2.75, 3.05) is 13.2 Å². The van der Waals surface area contributed by atoms with Crippen molar-refractivity contribution in [1.29, 1.82) is 0 Å². The third-order valence-electron chi connectivity index (χ3n) is 4.66. The van der Waals surface area contributed by atoms with Crippen LogP contribution in [-0.4, -0.2) is 18.3 Å². The molecule has 1 N–H and O–H groups in total. The average Bonchev–Trinajstić information content (AvgIpc) is 2.54. The van der Waals surface area contributed by atoms with Crippen LogP contribution < -0.4 is 4.74 Å². The van der Waals surface area contributed by atoms with Crippen molar-refractivity contribution in [3.63, 3.8) is 0 Å². The van der Waals surface area contributed by atoms with E-state index in [0.29, 0.717) is 18.3 Å². The van der Waals surface area contributed by atoms with Crippen molar-refractivity contribution in [2.45, 2.75) is 51.9 Å². The summed E-state index contributed by atoms with van der Waals surface area (Å²) in [6.45, 7) is 5.33. The number of hydrogen-bond donors (Lipinski definition) is 1. The van der Waals surface area contributed by atoms with E-state index >= 15 is 0 Å². The van der Waals surface area contributed by atoms with E-state index in [9.17, 15) is 5.11 Å². The van der Waals surface area contributed by atoms with E-state index in [2.05, 4.69) is 53.0 Å². The summed E-state index contributed by atoms with van der Waals surface area (Å²) < 4.78 is 5.82. The van der Waals surface area contributed by atoms with Gasteiger partial charge in [-0.3, -0.25) is 0 Å². The Bertz CT molecular complexity index is 510. The summed E-state index contributed by atoms with van der Waals surface area (Å²) in [5.74, 6) is 2.06. The average molecular weight is 367 g/mol. The second-order valence-corrected chi connectivity index (χ2v) is 6.62. The molecule has 1 saturated carbocycles. The van der Waals surface area contributed by atoms with Gasteiger partial charge in [-0.2, -0.15) is 0 Å². The lowest BCUT2D eigenvalue weighted by atomic mass is 9.74. The quantitative estimate of drug-likeness (QED) is 0.750. The first-order chi connectivity index (χ1) is 10.7. The van der Waals surface area contributed by atoms with E-state index in [4.69, 9.17) is 4.74 Å². The Morgan fingerprint density at radius 2 is 2.23 bits per heavy atom. The van der Waals surface area contributed by atoms with Crippen molar-refractivity contribution < 1.29 is 9.84 Å². The van der Waals surface area contributed by atoms with Crippen LogP contribution in [0.25, 0.3) is 0 Å². The van der Waals surface area contributed by atoms with Gasteiger partial charge >= 0.3 is 0 Å². The molecule has 0 amide bonds. The predicted molar refractivity (Wildman–Crippen MR) is 95.8 cm³/mol. The highest BCUT2D eigenvalue weighted by Gasteiger charge is 2.26. The van der Waals surface area contributed by atoms with Crippen molar-refractivity contribution in [3.8, 4) is 5.75 Å². The fraction of sp³-hybridized carbons (Fsp3) is 0.579. The van der Waals surface area contributed by atoms with Crippen LogP contribution in [0.4, 0.5) is 0 Å². The number of rotatable bonds is 6. The van der Waals surface area contributed by atoms with E-state index in [1.54, 1.807) is 0 Å². The minimum Gasteiger partial charge on any atom is -0.493 e. The monoisotopic (exact) mass is 366 g/mol. The Hall–Kier alpha value is -0.800. The fourth-order valence-corrected chi connectivity index (χ4v) is 4.02. The molecule has 22 heavy (non-hydrogen) atoms. The van der Waals surface area contributed by atoms with Gasteiger partial charge < -0.3 is 9.84 Å². The zero-order chi connectivity index (χ0) is 15.9. The summed E-state index contributed by atoms with van der Waals surface area (Å²) in [6.07, 6.45) is 5.34. The second-order valence-electron chi connectivity index (χ2n) is 6.16. The van der Waals surface area contributed by atoms with Crippen LogP contribution in [0.2, 0.25) is 0 Å². The van der Waals surface area contributed by atoms with Gasteiger partial charge in [0.05, 0.1) is 6.61 Å². The van der Waals surface area contributed by atoms with Crippen LogP contribution in [0.1, 0.15) is 56.6 Å². The number of benzene rings is 1. The van der Waals surface area contributed by atoms with Crippen LogP contribution in [0.3, 0.4) is 0 Å². The standard InChI is InChI=1S/C19H27BrO2/c1-3-11-22-19-8-7-15(12-16(19)9-10-21)18-6-4-5-17(13-20)14(18)2/h7-8,12-14,18,21H,3-6,9-11H2,1-2H3/b17-13+/t14-,18-/m0/s1. The first kappa shape index (κ1) is 17.6. The molecule has 0 unspecified atom stereocenters. The Kier molecular flexibility index (Phi) is 6.97. The zero-order valence-electron chi connectivity index (χ0n) is 13.6. The topological polar surface area (TPSA) is 29.5 Å². The van der Waals surface area contributed by atoms with E-state index in [0.717, 1.165) is 24.3 Å². The molecule has 122 valence electrons. The normalized spacial score (nSPS) is 23.7. The van der Waals surface area contributed by atoms with Crippen molar-refractivity contribution in [3.05, 3.63) is 39.9 Å². The van der Waals surface area contributed by atoms with Crippen molar-refractivity contribution >= 4 is 15.9 Å². The van der Waals surface area contributed by atoms with Gasteiger partial charge in [-0.15, -0.1) is 0 Å². The van der Waals surface area contributed by atoms with Gasteiger partial charge in [-0.05, 0) is 66.1 Å². The lowest BCUT2D eigenvalue weighted by molar-refractivity contribution is 0.288. The number of allylic oxidation sites excluding steroid dienone is 1. The largest absolute Gasteiger partial charge is 0.493 e.